The smallest absolute Gasteiger partial charge is 0.306 e. The Morgan fingerprint density at radius 1 is 1.00 bits per heavy atom. The van der Waals surface area contributed by atoms with E-state index in [4.69, 9.17) is 5.11 Å². The van der Waals surface area contributed by atoms with Crippen molar-refractivity contribution in [3.8, 4) is 0 Å². The lowest BCUT2D eigenvalue weighted by Gasteiger charge is -2.39. The highest BCUT2D eigenvalue weighted by Crippen LogP contribution is 2.43. The first-order chi connectivity index (χ1) is 6.29. The van der Waals surface area contributed by atoms with Crippen molar-refractivity contribution < 1.29 is 9.90 Å². The SMILES string of the molecule is O=C(O)[C@H]1CCC[C@H]2CCCC[C@H]21. The van der Waals surface area contributed by atoms with Gasteiger partial charge < -0.3 is 5.11 Å². The van der Waals surface area contributed by atoms with E-state index in [2.05, 4.69) is 0 Å². The molecule has 2 heteroatoms. The highest BCUT2D eigenvalue weighted by molar-refractivity contribution is 5.70. The lowest BCUT2D eigenvalue weighted by Crippen LogP contribution is -2.35. The van der Waals surface area contributed by atoms with Crippen LogP contribution in [0.2, 0.25) is 0 Å². The largest absolute Gasteiger partial charge is 0.481 e. The van der Waals surface area contributed by atoms with Gasteiger partial charge in [0.1, 0.15) is 0 Å². The summed E-state index contributed by atoms with van der Waals surface area (Å²) in [5, 5.41) is 9.08. The molecule has 2 saturated carbocycles. The van der Waals surface area contributed by atoms with Gasteiger partial charge >= 0.3 is 5.97 Å². The molecular formula is C11H18O2. The fraction of sp³-hybridized carbons (Fsp3) is 0.909. The minimum Gasteiger partial charge on any atom is -0.481 e. The fourth-order valence-electron chi connectivity index (χ4n) is 3.25. The van der Waals surface area contributed by atoms with E-state index in [-0.39, 0.29) is 5.92 Å². The van der Waals surface area contributed by atoms with Crippen molar-refractivity contribution in [1.82, 2.24) is 0 Å². The average Bonchev–Trinajstić information content (AvgIpc) is 2.17. The molecule has 0 radical (unpaired) electrons. The van der Waals surface area contributed by atoms with Crippen LogP contribution in [0.15, 0.2) is 0 Å². The molecule has 0 saturated heterocycles. The zero-order chi connectivity index (χ0) is 9.26. The summed E-state index contributed by atoms with van der Waals surface area (Å²) in [6.07, 6.45) is 8.39. The van der Waals surface area contributed by atoms with Gasteiger partial charge in [0.05, 0.1) is 5.92 Å². The van der Waals surface area contributed by atoms with E-state index < -0.39 is 5.97 Å². The number of carbonyl (C=O) groups is 1. The molecule has 74 valence electrons. The van der Waals surface area contributed by atoms with Gasteiger partial charge in [-0.1, -0.05) is 32.1 Å². The van der Waals surface area contributed by atoms with E-state index >= 15 is 0 Å². The highest BCUT2D eigenvalue weighted by atomic mass is 16.4. The molecule has 2 fully saturated rings. The zero-order valence-electron chi connectivity index (χ0n) is 8.04. The predicted molar refractivity (Wildman–Crippen MR) is 50.4 cm³/mol. The first-order valence-electron chi connectivity index (χ1n) is 5.52. The van der Waals surface area contributed by atoms with Gasteiger partial charge in [0.25, 0.3) is 0 Å². The maximum atomic E-state index is 11.0. The summed E-state index contributed by atoms with van der Waals surface area (Å²) >= 11 is 0. The van der Waals surface area contributed by atoms with Crippen LogP contribution >= 0.6 is 0 Å². The topological polar surface area (TPSA) is 37.3 Å². The van der Waals surface area contributed by atoms with E-state index in [1.54, 1.807) is 0 Å². The Morgan fingerprint density at radius 3 is 2.46 bits per heavy atom. The number of hydrogen-bond acceptors (Lipinski definition) is 1. The number of carboxylic acid groups (broad SMARTS) is 1. The molecule has 0 aliphatic heterocycles. The highest BCUT2D eigenvalue weighted by Gasteiger charge is 2.38. The van der Waals surface area contributed by atoms with Crippen molar-refractivity contribution in [2.45, 2.75) is 44.9 Å². The predicted octanol–water partition coefficient (Wildman–Crippen LogP) is 2.68. The van der Waals surface area contributed by atoms with Crippen LogP contribution in [0.25, 0.3) is 0 Å². The van der Waals surface area contributed by atoms with Gasteiger partial charge in [0.2, 0.25) is 0 Å². The molecule has 0 aromatic heterocycles. The molecule has 0 aromatic rings. The molecular weight excluding hydrogens is 164 g/mol. The maximum Gasteiger partial charge on any atom is 0.306 e. The van der Waals surface area contributed by atoms with Crippen LogP contribution in [0.4, 0.5) is 0 Å². The second-order valence-electron chi connectivity index (χ2n) is 4.58. The fourth-order valence-corrected chi connectivity index (χ4v) is 3.25. The molecule has 2 rings (SSSR count). The van der Waals surface area contributed by atoms with E-state index in [1.807, 2.05) is 0 Å². The Balaban J connectivity index is 2.06. The maximum absolute atomic E-state index is 11.0. The molecule has 2 nitrogen and oxygen atoms in total. The summed E-state index contributed by atoms with van der Waals surface area (Å²) < 4.78 is 0. The van der Waals surface area contributed by atoms with E-state index in [0.29, 0.717) is 5.92 Å². The van der Waals surface area contributed by atoms with E-state index in [1.165, 1.54) is 32.1 Å². The Labute approximate surface area is 79.3 Å². The number of carboxylic acids is 1. The van der Waals surface area contributed by atoms with Gasteiger partial charge in [-0.05, 0) is 24.7 Å². The second-order valence-corrected chi connectivity index (χ2v) is 4.58. The lowest BCUT2D eigenvalue weighted by molar-refractivity contribution is -0.146. The molecule has 1 N–H and O–H groups in total. The van der Waals surface area contributed by atoms with Crippen molar-refractivity contribution in [1.29, 1.82) is 0 Å². The molecule has 0 heterocycles. The Hall–Kier alpha value is -0.530. The molecule has 2 aliphatic rings. The van der Waals surface area contributed by atoms with Gasteiger partial charge in [-0.2, -0.15) is 0 Å². The molecule has 3 atom stereocenters. The summed E-state index contributed by atoms with van der Waals surface area (Å²) in [5.41, 5.74) is 0. The van der Waals surface area contributed by atoms with Crippen LogP contribution in [0.5, 0.6) is 0 Å². The van der Waals surface area contributed by atoms with Crippen molar-refractivity contribution in [3.05, 3.63) is 0 Å². The molecule has 0 aromatic carbocycles. The minimum absolute atomic E-state index is 0.0148. The third-order valence-electron chi connectivity index (χ3n) is 3.89. The van der Waals surface area contributed by atoms with Crippen LogP contribution in [-0.2, 0) is 4.79 Å². The third kappa shape index (κ3) is 1.72. The summed E-state index contributed by atoms with van der Waals surface area (Å²) in [5.74, 6) is 0.694. The first-order valence-corrected chi connectivity index (χ1v) is 5.52. The summed E-state index contributed by atoms with van der Waals surface area (Å²) in [4.78, 5) is 11.0. The van der Waals surface area contributed by atoms with Gasteiger partial charge in [-0.3, -0.25) is 4.79 Å². The van der Waals surface area contributed by atoms with Gasteiger partial charge in [0, 0.05) is 0 Å². The molecule has 0 unspecified atom stereocenters. The normalized spacial score (nSPS) is 39.5. The van der Waals surface area contributed by atoms with Crippen LogP contribution in [0, 0.1) is 17.8 Å². The average molecular weight is 182 g/mol. The molecule has 0 bridgehead atoms. The van der Waals surface area contributed by atoms with Crippen LogP contribution < -0.4 is 0 Å². The van der Waals surface area contributed by atoms with Crippen molar-refractivity contribution in [2.75, 3.05) is 0 Å². The van der Waals surface area contributed by atoms with Crippen molar-refractivity contribution >= 4 is 5.97 Å². The van der Waals surface area contributed by atoms with Gasteiger partial charge in [-0.15, -0.1) is 0 Å². The van der Waals surface area contributed by atoms with Crippen molar-refractivity contribution in [3.63, 3.8) is 0 Å². The Bertz CT molecular complexity index is 198. The van der Waals surface area contributed by atoms with Gasteiger partial charge in [0.15, 0.2) is 0 Å². The standard InChI is InChI=1S/C11H18O2/c12-11(13)10-7-3-5-8-4-1-2-6-9(8)10/h8-10H,1-7H2,(H,12,13)/t8-,9-,10+/m1/s1. The van der Waals surface area contributed by atoms with Gasteiger partial charge in [-0.25, -0.2) is 0 Å². The van der Waals surface area contributed by atoms with Crippen LogP contribution in [0.3, 0.4) is 0 Å². The summed E-state index contributed by atoms with van der Waals surface area (Å²) in [6, 6.07) is 0. The van der Waals surface area contributed by atoms with Crippen LogP contribution in [-0.4, -0.2) is 11.1 Å². The summed E-state index contributed by atoms with van der Waals surface area (Å²) in [7, 11) is 0. The quantitative estimate of drug-likeness (QED) is 0.677. The lowest BCUT2D eigenvalue weighted by atomic mass is 9.65. The summed E-state index contributed by atoms with van der Waals surface area (Å²) in [6.45, 7) is 0. The minimum atomic E-state index is -0.545. The monoisotopic (exact) mass is 182 g/mol. The third-order valence-corrected chi connectivity index (χ3v) is 3.89. The van der Waals surface area contributed by atoms with E-state index in [9.17, 15) is 4.79 Å². The Kier molecular flexibility index (Phi) is 2.56. The molecule has 2 aliphatic carbocycles. The van der Waals surface area contributed by atoms with Crippen molar-refractivity contribution in [2.24, 2.45) is 17.8 Å². The zero-order valence-corrected chi connectivity index (χ0v) is 8.04. The van der Waals surface area contributed by atoms with E-state index in [0.717, 1.165) is 18.8 Å². The number of hydrogen-bond donors (Lipinski definition) is 1. The Morgan fingerprint density at radius 2 is 1.69 bits per heavy atom. The molecule has 0 amide bonds. The number of rotatable bonds is 1. The molecule has 0 spiro atoms. The molecule has 13 heavy (non-hydrogen) atoms. The first kappa shape index (κ1) is 9.04. The van der Waals surface area contributed by atoms with Crippen LogP contribution in [0.1, 0.15) is 44.9 Å². The number of aliphatic carboxylic acids is 1. The number of fused-ring (bicyclic) bond motifs is 1. The second kappa shape index (κ2) is 3.69.